The number of benzene rings is 1. The highest BCUT2D eigenvalue weighted by Crippen LogP contribution is 2.36. The molecule has 1 atom stereocenters. The Kier molecular flexibility index (Phi) is 8.34. The Morgan fingerprint density at radius 2 is 1.89 bits per heavy atom. The Morgan fingerprint density at radius 3 is 2.60 bits per heavy atom. The fourth-order valence-corrected chi connectivity index (χ4v) is 5.19. The van der Waals surface area contributed by atoms with Crippen LogP contribution >= 0.6 is 11.6 Å². The predicted octanol–water partition coefficient (Wildman–Crippen LogP) is 3.09. The molecule has 1 aromatic carbocycles. The van der Waals surface area contributed by atoms with Crippen LogP contribution in [0.25, 0.3) is 0 Å². The summed E-state index contributed by atoms with van der Waals surface area (Å²) in [6.07, 6.45) is 4.21. The molecule has 190 valence electrons. The number of aryl methyl sites for hydroxylation is 2. The molecule has 0 bridgehead atoms. The zero-order chi connectivity index (χ0) is 24.8. The van der Waals surface area contributed by atoms with E-state index in [1.165, 1.54) is 0 Å². The van der Waals surface area contributed by atoms with Crippen LogP contribution in [0.3, 0.4) is 0 Å². The molecule has 0 aliphatic carbocycles. The molecule has 2 amide bonds. The predicted molar refractivity (Wildman–Crippen MR) is 135 cm³/mol. The van der Waals surface area contributed by atoms with Crippen LogP contribution in [0.1, 0.15) is 31.4 Å². The lowest BCUT2D eigenvalue weighted by atomic mass is 9.77. The number of likely N-dealkylation sites (N-methyl/N-ethyl adjacent to an activating group) is 1. The van der Waals surface area contributed by atoms with Crippen molar-refractivity contribution in [1.29, 1.82) is 0 Å². The molecule has 2 saturated heterocycles. The molecule has 2 aliphatic rings. The van der Waals surface area contributed by atoms with Crippen molar-refractivity contribution >= 4 is 23.4 Å². The summed E-state index contributed by atoms with van der Waals surface area (Å²) in [6, 6.07) is 9.26. The molecule has 8 nitrogen and oxygen atoms in total. The number of amides is 2. The van der Waals surface area contributed by atoms with Gasteiger partial charge in [0.05, 0.1) is 6.61 Å². The second kappa shape index (κ2) is 11.4. The number of carbonyl (C=O) groups excluding carboxylic acids is 2. The summed E-state index contributed by atoms with van der Waals surface area (Å²) in [4.78, 5) is 32.6. The molecular weight excluding hydrogens is 466 g/mol. The van der Waals surface area contributed by atoms with E-state index in [2.05, 4.69) is 17.0 Å². The largest absolute Gasteiger partial charge is 0.493 e. The van der Waals surface area contributed by atoms with Crippen LogP contribution in [0.5, 0.6) is 5.75 Å². The molecule has 0 saturated carbocycles. The molecule has 3 heterocycles. The second-order valence-electron chi connectivity index (χ2n) is 9.97. The molecule has 1 aromatic heterocycles. The average Bonchev–Trinajstić information content (AvgIpc) is 3.26. The molecule has 0 spiro atoms. The fraction of sp³-hybridized carbons (Fsp3) is 0.577. The minimum atomic E-state index is -0.432. The number of likely N-dealkylation sites (tertiary alicyclic amines) is 1. The van der Waals surface area contributed by atoms with Gasteiger partial charge in [0.1, 0.15) is 5.75 Å². The first-order valence-electron chi connectivity index (χ1n) is 12.4. The summed E-state index contributed by atoms with van der Waals surface area (Å²) < 4.78 is 8.04. The Bertz CT molecular complexity index is 1020. The fourth-order valence-electron chi connectivity index (χ4n) is 5.01. The molecule has 0 N–H and O–H groups in total. The number of halogens is 1. The zero-order valence-corrected chi connectivity index (χ0v) is 21.5. The van der Waals surface area contributed by atoms with E-state index in [0.717, 1.165) is 44.7 Å². The lowest BCUT2D eigenvalue weighted by molar-refractivity contribution is -0.142. The van der Waals surface area contributed by atoms with E-state index in [0.29, 0.717) is 49.9 Å². The van der Waals surface area contributed by atoms with Crippen LogP contribution in [-0.4, -0.2) is 89.2 Å². The number of ether oxygens (including phenoxy) is 1. The Morgan fingerprint density at radius 1 is 1.09 bits per heavy atom. The molecule has 0 radical (unpaired) electrons. The normalized spacial score (nSPS) is 21.2. The first kappa shape index (κ1) is 25.5. The van der Waals surface area contributed by atoms with E-state index in [4.69, 9.17) is 16.3 Å². The highest BCUT2D eigenvalue weighted by molar-refractivity contribution is 6.30. The van der Waals surface area contributed by atoms with Gasteiger partial charge in [-0.25, -0.2) is 0 Å². The van der Waals surface area contributed by atoms with E-state index in [1.807, 2.05) is 45.7 Å². The third-order valence-electron chi connectivity index (χ3n) is 7.20. The topological polar surface area (TPSA) is 70.9 Å². The van der Waals surface area contributed by atoms with Crippen molar-refractivity contribution in [1.82, 2.24) is 24.5 Å². The Hall–Kier alpha value is -2.58. The summed E-state index contributed by atoms with van der Waals surface area (Å²) in [5.74, 6) is 0.926. The summed E-state index contributed by atoms with van der Waals surface area (Å²) in [6.45, 7) is 7.39. The van der Waals surface area contributed by atoms with Crippen molar-refractivity contribution in [2.45, 2.75) is 39.2 Å². The molecular formula is C26H36ClN5O3. The number of aromatic nitrogens is 2. The zero-order valence-electron chi connectivity index (χ0n) is 20.8. The maximum absolute atomic E-state index is 13.4. The van der Waals surface area contributed by atoms with Gasteiger partial charge in [-0.1, -0.05) is 17.7 Å². The first-order chi connectivity index (χ1) is 16.8. The van der Waals surface area contributed by atoms with Crippen molar-refractivity contribution in [3.05, 3.63) is 47.2 Å². The third-order valence-corrected chi connectivity index (χ3v) is 7.44. The van der Waals surface area contributed by atoms with Gasteiger partial charge in [0.2, 0.25) is 11.8 Å². The smallest absolute Gasteiger partial charge is 0.224 e. The molecule has 2 aliphatic heterocycles. The minimum Gasteiger partial charge on any atom is -0.493 e. The second-order valence-corrected chi connectivity index (χ2v) is 10.4. The van der Waals surface area contributed by atoms with Gasteiger partial charge in [-0.15, -0.1) is 0 Å². The number of piperidine rings is 1. The van der Waals surface area contributed by atoms with E-state index < -0.39 is 5.41 Å². The van der Waals surface area contributed by atoms with Crippen molar-refractivity contribution in [3.63, 3.8) is 0 Å². The molecule has 2 aromatic rings. The number of hydrogen-bond acceptors (Lipinski definition) is 5. The first-order valence-corrected chi connectivity index (χ1v) is 12.8. The lowest BCUT2D eigenvalue weighted by Crippen LogP contribution is -2.53. The lowest BCUT2D eigenvalue weighted by Gasteiger charge is -2.43. The molecule has 2 fully saturated rings. The maximum atomic E-state index is 13.4. The van der Waals surface area contributed by atoms with Crippen LogP contribution in [-0.2, 0) is 16.1 Å². The van der Waals surface area contributed by atoms with Crippen LogP contribution in [0, 0.1) is 12.3 Å². The molecule has 9 heteroatoms. The number of rotatable bonds is 8. The SMILES string of the molecule is Cc1ccnn1CCC(=O)N1CCCC(COc2cccc(Cl)c2)(CC(=O)N2CCN(C)CC2)C1. The van der Waals surface area contributed by atoms with E-state index >= 15 is 0 Å². The summed E-state index contributed by atoms with van der Waals surface area (Å²) in [7, 11) is 2.08. The van der Waals surface area contributed by atoms with Crippen LogP contribution in [0.15, 0.2) is 36.5 Å². The standard InChI is InChI=1S/C26H36ClN5O3/c1-21-7-10-28-32(21)12-8-24(33)31-11-4-9-26(19-31,20-35-23-6-3-5-22(27)17-23)18-25(34)30-15-13-29(2)14-16-30/h3,5-7,10,17H,4,8-9,11-16,18-20H2,1-2H3. The minimum absolute atomic E-state index is 0.0961. The van der Waals surface area contributed by atoms with Gasteiger partial charge in [0.25, 0.3) is 0 Å². The van der Waals surface area contributed by atoms with Crippen LogP contribution < -0.4 is 4.74 Å². The number of nitrogens with zero attached hydrogens (tertiary/aromatic N) is 5. The quantitative estimate of drug-likeness (QED) is 0.556. The third kappa shape index (κ3) is 6.76. The van der Waals surface area contributed by atoms with Crippen molar-refractivity contribution < 1.29 is 14.3 Å². The summed E-state index contributed by atoms with van der Waals surface area (Å²) in [5, 5.41) is 4.90. The summed E-state index contributed by atoms with van der Waals surface area (Å²) >= 11 is 6.15. The van der Waals surface area contributed by atoms with Gasteiger partial charge in [0, 0.05) is 81.0 Å². The average molecular weight is 502 g/mol. The van der Waals surface area contributed by atoms with Gasteiger partial charge in [-0.2, -0.15) is 5.10 Å². The molecule has 35 heavy (non-hydrogen) atoms. The van der Waals surface area contributed by atoms with Crippen LogP contribution in [0.4, 0.5) is 0 Å². The number of hydrogen-bond donors (Lipinski definition) is 0. The maximum Gasteiger partial charge on any atom is 0.224 e. The monoisotopic (exact) mass is 501 g/mol. The van der Waals surface area contributed by atoms with Crippen LogP contribution in [0.2, 0.25) is 5.02 Å². The highest BCUT2D eigenvalue weighted by atomic mass is 35.5. The van der Waals surface area contributed by atoms with E-state index in [-0.39, 0.29) is 11.8 Å². The molecule has 1 unspecified atom stereocenters. The van der Waals surface area contributed by atoms with Gasteiger partial charge in [-0.3, -0.25) is 14.3 Å². The van der Waals surface area contributed by atoms with Crippen molar-refractivity contribution in [3.8, 4) is 5.75 Å². The van der Waals surface area contributed by atoms with Crippen molar-refractivity contribution in [2.75, 3.05) is 52.9 Å². The Labute approximate surface area is 212 Å². The van der Waals surface area contributed by atoms with E-state index in [1.54, 1.807) is 12.3 Å². The van der Waals surface area contributed by atoms with Crippen molar-refractivity contribution in [2.24, 2.45) is 5.41 Å². The van der Waals surface area contributed by atoms with Gasteiger partial charge < -0.3 is 19.4 Å². The Balaban J connectivity index is 1.45. The van der Waals surface area contributed by atoms with E-state index in [9.17, 15) is 9.59 Å². The highest BCUT2D eigenvalue weighted by Gasteiger charge is 2.41. The van der Waals surface area contributed by atoms with Gasteiger partial charge in [0.15, 0.2) is 0 Å². The number of piperazine rings is 1. The van der Waals surface area contributed by atoms with Gasteiger partial charge >= 0.3 is 0 Å². The molecule has 4 rings (SSSR count). The van der Waals surface area contributed by atoms with Gasteiger partial charge in [-0.05, 0) is 51.1 Å². The number of carbonyl (C=O) groups is 2. The summed E-state index contributed by atoms with van der Waals surface area (Å²) in [5.41, 5.74) is 0.608.